The zero-order valence-electron chi connectivity index (χ0n) is 23.4. The van der Waals surface area contributed by atoms with E-state index in [1.54, 1.807) is 35.0 Å². The van der Waals surface area contributed by atoms with Crippen molar-refractivity contribution < 1.29 is 23.5 Å². The lowest BCUT2D eigenvalue weighted by molar-refractivity contribution is -0.115. The average Bonchev–Trinajstić information content (AvgIpc) is 3.67. The van der Waals surface area contributed by atoms with Crippen LogP contribution < -0.4 is 25.1 Å². The number of rotatable bonds is 8. The van der Waals surface area contributed by atoms with Crippen molar-refractivity contribution in [2.24, 2.45) is 0 Å². The molecule has 1 amide bonds. The summed E-state index contributed by atoms with van der Waals surface area (Å²) in [6.07, 6.45) is 0.0756. The van der Waals surface area contributed by atoms with Crippen LogP contribution in [0, 0.1) is 6.92 Å². The molecular weight excluding hydrogens is 554 g/mol. The number of carbonyl (C=O) groups excluding carboxylic acids is 1. The average molecular weight is 582 g/mol. The molecule has 0 saturated carbocycles. The number of ether oxygens (including phenoxy) is 3. The molecule has 3 aromatic heterocycles. The Kier molecular flexibility index (Phi) is 7.13. The third-order valence-electron chi connectivity index (χ3n) is 7.07. The van der Waals surface area contributed by atoms with Gasteiger partial charge >= 0.3 is 0 Å². The minimum Gasteiger partial charge on any atom is -0.493 e. The largest absolute Gasteiger partial charge is 0.493 e. The van der Waals surface area contributed by atoms with Gasteiger partial charge < -0.3 is 24.1 Å². The smallest absolute Gasteiger partial charge is 0.268 e. The molecule has 3 heterocycles. The maximum absolute atomic E-state index is 13.9. The number of hydrogen-bond acceptors (Lipinski definition) is 8. The number of aryl methyl sites for hydroxylation is 1. The van der Waals surface area contributed by atoms with Gasteiger partial charge in [-0.15, -0.1) is 11.3 Å². The van der Waals surface area contributed by atoms with E-state index in [1.165, 1.54) is 21.3 Å². The fraction of sp³-hybridized carbons (Fsp3) is 0.156. The summed E-state index contributed by atoms with van der Waals surface area (Å²) in [5.74, 6) is 1.51. The number of nitrogens with zero attached hydrogens (tertiary/aromatic N) is 2. The van der Waals surface area contributed by atoms with Crippen molar-refractivity contribution in [3.63, 3.8) is 0 Å². The highest BCUT2D eigenvalue weighted by atomic mass is 32.1. The van der Waals surface area contributed by atoms with E-state index in [0.29, 0.717) is 50.8 Å². The number of amides is 1. The predicted molar refractivity (Wildman–Crippen MR) is 164 cm³/mol. The molecule has 3 aromatic carbocycles. The minimum absolute atomic E-state index is 0.0756. The van der Waals surface area contributed by atoms with Crippen molar-refractivity contribution in [2.75, 3.05) is 26.6 Å². The number of pyridine rings is 1. The number of benzene rings is 3. The molecule has 212 valence electrons. The SMILES string of the molecule is COc1cc(NC(=O)Cc2cccc(-n3c(=O)c4c(C)onc4c4c(-c5cccs5)cccc43)c2)cc(OC)c1OC. The molecule has 9 nitrogen and oxygen atoms in total. The number of nitrogens with one attached hydrogen (secondary N) is 1. The minimum atomic E-state index is -0.246. The van der Waals surface area contributed by atoms with E-state index in [2.05, 4.69) is 10.5 Å². The first-order chi connectivity index (χ1) is 20.4. The highest BCUT2D eigenvalue weighted by Gasteiger charge is 2.21. The van der Waals surface area contributed by atoms with E-state index < -0.39 is 0 Å². The van der Waals surface area contributed by atoms with Gasteiger partial charge in [0.15, 0.2) is 11.5 Å². The second-order valence-electron chi connectivity index (χ2n) is 9.59. The quantitative estimate of drug-likeness (QED) is 0.223. The molecule has 0 bridgehead atoms. The van der Waals surface area contributed by atoms with E-state index >= 15 is 0 Å². The van der Waals surface area contributed by atoms with Gasteiger partial charge in [-0.3, -0.25) is 14.2 Å². The molecule has 1 N–H and O–H groups in total. The Hall–Kier alpha value is -5.09. The van der Waals surface area contributed by atoms with Gasteiger partial charge in [-0.25, -0.2) is 0 Å². The van der Waals surface area contributed by atoms with Crippen molar-refractivity contribution in [3.8, 4) is 33.4 Å². The first kappa shape index (κ1) is 27.1. The predicted octanol–water partition coefficient (Wildman–Crippen LogP) is 6.38. The second kappa shape index (κ2) is 11.1. The molecular formula is C32H27N3O6S. The summed E-state index contributed by atoms with van der Waals surface area (Å²) in [5, 5.41) is 10.5. The van der Waals surface area contributed by atoms with Crippen LogP contribution in [-0.2, 0) is 11.2 Å². The van der Waals surface area contributed by atoms with E-state index in [1.807, 2.05) is 60.0 Å². The van der Waals surface area contributed by atoms with Crippen LogP contribution in [0.15, 0.2) is 81.4 Å². The topological polar surface area (TPSA) is 105 Å². The number of carbonyl (C=O) groups is 1. The van der Waals surface area contributed by atoms with Gasteiger partial charge in [-0.05, 0) is 42.1 Å². The van der Waals surface area contributed by atoms with Crippen LogP contribution in [-0.4, -0.2) is 37.0 Å². The summed E-state index contributed by atoms with van der Waals surface area (Å²) in [5.41, 5.74) is 3.83. The van der Waals surface area contributed by atoms with Gasteiger partial charge in [0.1, 0.15) is 16.7 Å². The van der Waals surface area contributed by atoms with Crippen LogP contribution >= 0.6 is 11.3 Å². The Morgan fingerprint density at radius 1 is 0.952 bits per heavy atom. The van der Waals surface area contributed by atoms with Crippen LogP contribution in [0.4, 0.5) is 5.69 Å². The van der Waals surface area contributed by atoms with Gasteiger partial charge in [0, 0.05) is 39.3 Å². The van der Waals surface area contributed by atoms with Crippen LogP contribution in [0.5, 0.6) is 17.2 Å². The van der Waals surface area contributed by atoms with Crippen molar-refractivity contribution >= 4 is 44.7 Å². The Morgan fingerprint density at radius 2 is 1.71 bits per heavy atom. The molecule has 6 aromatic rings. The standard InChI is InChI=1S/C32H27N3O6S/c1-18-28-30(34-41-18)29-22(26-12-7-13-42-26)10-6-11-23(29)35(32(28)37)21-9-5-8-19(14-21)15-27(36)33-20-16-24(38-2)31(40-4)25(17-20)39-3/h5-14,16-17H,15H2,1-4H3,(H,33,36). The molecule has 0 saturated heterocycles. The number of methoxy groups -OCH3 is 3. The normalized spacial score (nSPS) is 11.1. The Balaban J connectivity index is 1.40. The van der Waals surface area contributed by atoms with Gasteiger partial charge in [-0.1, -0.05) is 35.5 Å². The Morgan fingerprint density at radius 3 is 2.40 bits per heavy atom. The van der Waals surface area contributed by atoms with Crippen LogP contribution in [0.3, 0.4) is 0 Å². The molecule has 6 rings (SSSR count). The summed E-state index contributed by atoms with van der Waals surface area (Å²) < 4.78 is 23.3. The number of thiophene rings is 1. The maximum atomic E-state index is 13.9. The van der Waals surface area contributed by atoms with Gasteiger partial charge in [0.05, 0.1) is 33.3 Å². The van der Waals surface area contributed by atoms with Crippen molar-refractivity contribution in [3.05, 3.63) is 93.8 Å². The lowest BCUT2D eigenvalue weighted by atomic mass is 10.0. The molecule has 0 aliphatic heterocycles. The number of aromatic nitrogens is 2. The molecule has 0 unspecified atom stereocenters. The number of hydrogen-bond donors (Lipinski definition) is 1. The number of anilines is 1. The lowest BCUT2D eigenvalue weighted by Gasteiger charge is -2.15. The molecule has 0 aliphatic rings. The fourth-order valence-electron chi connectivity index (χ4n) is 5.23. The van der Waals surface area contributed by atoms with Gasteiger partial charge in [0.25, 0.3) is 5.56 Å². The highest BCUT2D eigenvalue weighted by molar-refractivity contribution is 7.13. The summed E-state index contributed by atoms with van der Waals surface area (Å²) in [6.45, 7) is 1.74. The first-order valence-electron chi connectivity index (χ1n) is 13.1. The zero-order valence-corrected chi connectivity index (χ0v) is 24.2. The lowest BCUT2D eigenvalue weighted by Crippen LogP contribution is -2.20. The number of fused-ring (bicyclic) bond motifs is 3. The Bertz CT molecular complexity index is 1980. The van der Waals surface area contributed by atoms with Crippen molar-refractivity contribution in [1.82, 2.24) is 9.72 Å². The van der Waals surface area contributed by atoms with Crippen LogP contribution in [0.25, 0.3) is 37.9 Å². The molecule has 0 aliphatic carbocycles. The summed E-state index contributed by atoms with van der Waals surface area (Å²) >= 11 is 1.62. The van der Waals surface area contributed by atoms with Crippen LogP contribution in [0.1, 0.15) is 11.3 Å². The summed E-state index contributed by atoms with van der Waals surface area (Å²) in [7, 11) is 4.55. The van der Waals surface area contributed by atoms with E-state index in [-0.39, 0.29) is 17.9 Å². The second-order valence-corrected chi connectivity index (χ2v) is 10.5. The molecule has 0 radical (unpaired) electrons. The van der Waals surface area contributed by atoms with Crippen LogP contribution in [0.2, 0.25) is 0 Å². The Labute approximate surface area is 244 Å². The van der Waals surface area contributed by atoms with Crippen molar-refractivity contribution in [2.45, 2.75) is 13.3 Å². The van der Waals surface area contributed by atoms with E-state index in [0.717, 1.165) is 21.4 Å². The third-order valence-corrected chi connectivity index (χ3v) is 7.97. The first-order valence-corrected chi connectivity index (χ1v) is 14.0. The zero-order chi connectivity index (χ0) is 29.4. The van der Waals surface area contributed by atoms with E-state index in [9.17, 15) is 9.59 Å². The third kappa shape index (κ3) is 4.65. The molecule has 42 heavy (non-hydrogen) atoms. The highest BCUT2D eigenvalue weighted by Crippen LogP contribution is 2.40. The van der Waals surface area contributed by atoms with Gasteiger partial charge in [0.2, 0.25) is 11.7 Å². The summed E-state index contributed by atoms with van der Waals surface area (Å²) in [6, 6.07) is 20.6. The van der Waals surface area contributed by atoms with Gasteiger partial charge in [-0.2, -0.15) is 0 Å². The molecule has 0 fully saturated rings. The van der Waals surface area contributed by atoms with Crippen molar-refractivity contribution in [1.29, 1.82) is 0 Å². The molecule has 0 atom stereocenters. The molecule has 10 heteroatoms. The fourth-order valence-corrected chi connectivity index (χ4v) is 5.99. The van der Waals surface area contributed by atoms with E-state index in [4.69, 9.17) is 18.7 Å². The molecule has 0 spiro atoms. The monoisotopic (exact) mass is 581 g/mol. The summed E-state index contributed by atoms with van der Waals surface area (Å²) in [4.78, 5) is 28.1. The maximum Gasteiger partial charge on any atom is 0.268 e.